The van der Waals surface area contributed by atoms with Gasteiger partial charge < -0.3 is 15.2 Å². The molecule has 0 fully saturated rings. The number of benzene rings is 2. The van der Waals surface area contributed by atoms with Gasteiger partial charge in [-0.05, 0) is 67.6 Å². The van der Waals surface area contributed by atoms with E-state index in [0.29, 0.717) is 12.4 Å². The summed E-state index contributed by atoms with van der Waals surface area (Å²) < 4.78 is 5.88. The zero-order valence-electron chi connectivity index (χ0n) is 13.4. The highest BCUT2D eigenvalue weighted by Crippen LogP contribution is 2.36. The third kappa shape index (κ3) is 2.69. The van der Waals surface area contributed by atoms with Crippen LogP contribution in [0.2, 0.25) is 0 Å². The van der Waals surface area contributed by atoms with Crippen molar-refractivity contribution in [3.63, 3.8) is 0 Å². The molecule has 2 aromatic carbocycles. The second-order valence-electron chi connectivity index (χ2n) is 5.93. The lowest BCUT2D eigenvalue weighted by atomic mass is 9.88. The number of phenols is 1. The van der Waals surface area contributed by atoms with Crippen LogP contribution in [0.4, 0.5) is 0 Å². The van der Waals surface area contributed by atoms with E-state index in [9.17, 15) is 5.11 Å². The van der Waals surface area contributed by atoms with Gasteiger partial charge in [0.15, 0.2) is 0 Å². The minimum atomic E-state index is 0.116. The average molecular weight is 297 g/mol. The van der Waals surface area contributed by atoms with Crippen molar-refractivity contribution in [3.05, 3.63) is 58.1 Å². The Morgan fingerprint density at radius 1 is 1.14 bits per heavy atom. The molecule has 0 aliphatic carbocycles. The number of ether oxygens (including phenoxy) is 1. The summed E-state index contributed by atoms with van der Waals surface area (Å²) in [7, 11) is 0. The maximum Gasteiger partial charge on any atom is 0.124 e. The van der Waals surface area contributed by atoms with Crippen molar-refractivity contribution < 1.29 is 9.84 Å². The number of aromatic hydroxyl groups is 1. The second-order valence-corrected chi connectivity index (χ2v) is 5.93. The Balaban J connectivity index is 2.11. The van der Waals surface area contributed by atoms with Gasteiger partial charge in [0.2, 0.25) is 0 Å². The largest absolute Gasteiger partial charge is 0.508 e. The fourth-order valence-corrected chi connectivity index (χ4v) is 3.15. The molecular weight excluding hydrogens is 274 g/mol. The van der Waals surface area contributed by atoms with Gasteiger partial charge in [0.25, 0.3) is 0 Å². The summed E-state index contributed by atoms with van der Waals surface area (Å²) in [5.74, 6) is 1.29. The van der Waals surface area contributed by atoms with Gasteiger partial charge in [0, 0.05) is 12.1 Å². The second kappa shape index (κ2) is 6.01. The highest BCUT2D eigenvalue weighted by Gasteiger charge is 2.24. The Hall–Kier alpha value is -2.00. The van der Waals surface area contributed by atoms with E-state index in [4.69, 9.17) is 4.74 Å². The van der Waals surface area contributed by atoms with Gasteiger partial charge in [0.1, 0.15) is 11.5 Å². The summed E-state index contributed by atoms with van der Waals surface area (Å²) in [5, 5.41) is 13.3. The Morgan fingerprint density at radius 2 is 1.91 bits per heavy atom. The van der Waals surface area contributed by atoms with Crippen LogP contribution in [0.15, 0.2) is 30.3 Å². The molecule has 2 N–H and O–H groups in total. The van der Waals surface area contributed by atoms with Crippen LogP contribution in [-0.4, -0.2) is 18.3 Å². The van der Waals surface area contributed by atoms with E-state index in [1.807, 2.05) is 19.1 Å². The minimum Gasteiger partial charge on any atom is -0.508 e. The normalized spacial score (nSPS) is 17.1. The van der Waals surface area contributed by atoms with Crippen LogP contribution in [0.5, 0.6) is 11.5 Å². The van der Waals surface area contributed by atoms with Gasteiger partial charge in [-0.25, -0.2) is 0 Å². The number of rotatable bonds is 3. The average Bonchev–Trinajstić information content (AvgIpc) is 2.50. The molecule has 0 bridgehead atoms. The molecule has 3 nitrogen and oxygen atoms in total. The van der Waals surface area contributed by atoms with Crippen molar-refractivity contribution in [2.75, 3.05) is 13.2 Å². The number of phenolic OH excluding ortho intramolecular Hbond substituents is 1. The van der Waals surface area contributed by atoms with Crippen LogP contribution in [0.3, 0.4) is 0 Å². The molecule has 0 aromatic heterocycles. The molecule has 1 atom stereocenters. The third-order valence-corrected chi connectivity index (χ3v) is 4.42. The monoisotopic (exact) mass is 297 g/mol. The van der Waals surface area contributed by atoms with Gasteiger partial charge in [-0.15, -0.1) is 0 Å². The standard InChI is InChI=1S/C19H23NO2/c1-4-22-18-10-13(3)12(2)9-17(18)19-16-6-5-15(21)11-14(16)7-8-20-19/h5-6,9-11,19-21H,4,7-8H2,1-3H3. The van der Waals surface area contributed by atoms with Crippen molar-refractivity contribution in [2.45, 2.75) is 33.2 Å². The van der Waals surface area contributed by atoms with Gasteiger partial charge >= 0.3 is 0 Å². The fraction of sp³-hybridized carbons (Fsp3) is 0.368. The topological polar surface area (TPSA) is 41.5 Å². The van der Waals surface area contributed by atoms with Crippen molar-refractivity contribution in [1.29, 1.82) is 0 Å². The smallest absolute Gasteiger partial charge is 0.124 e. The van der Waals surface area contributed by atoms with Gasteiger partial charge in [-0.3, -0.25) is 0 Å². The maximum atomic E-state index is 9.72. The highest BCUT2D eigenvalue weighted by atomic mass is 16.5. The molecule has 22 heavy (non-hydrogen) atoms. The predicted octanol–water partition coefficient (Wildman–Crippen LogP) is 3.64. The van der Waals surface area contributed by atoms with Crippen molar-refractivity contribution in [2.24, 2.45) is 0 Å². The van der Waals surface area contributed by atoms with E-state index in [1.54, 1.807) is 6.07 Å². The van der Waals surface area contributed by atoms with Crippen molar-refractivity contribution in [1.82, 2.24) is 5.32 Å². The Morgan fingerprint density at radius 3 is 2.68 bits per heavy atom. The molecule has 1 heterocycles. The zero-order valence-corrected chi connectivity index (χ0v) is 13.4. The number of hydrogen-bond acceptors (Lipinski definition) is 3. The zero-order chi connectivity index (χ0) is 15.7. The predicted molar refractivity (Wildman–Crippen MR) is 88.7 cm³/mol. The highest BCUT2D eigenvalue weighted by molar-refractivity contribution is 5.50. The lowest BCUT2D eigenvalue weighted by molar-refractivity contribution is 0.332. The van der Waals surface area contributed by atoms with E-state index < -0.39 is 0 Å². The number of aryl methyl sites for hydroxylation is 2. The maximum absolute atomic E-state index is 9.72. The number of hydrogen-bond donors (Lipinski definition) is 2. The summed E-state index contributed by atoms with van der Waals surface area (Å²) in [6.45, 7) is 7.82. The van der Waals surface area contributed by atoms with Crippen LogP contribution in [0, 0.1) is 13.8 Å². The Kier molecular flexibility index (Phi) is 4.08. The molecule has 0 saturated carbocycles. The molecule has 0 spiro atoms. The SMILES string of the molecule is CCOc1cc(C)c(C)cc1C1NCCc2cc(O)ccc21. The Bertz CT molecular complexity index is 694. The lowest BCUT2D eigenvalue weighted by Gasteiger charge is -2.29. The number of nitrogens with one attached hydrogen (secondary N) is 1. The van der Waals surface area contributed by atoms with Crippen LogP contribution < -0.4 is 10.1 Å². The van der Waals surface area contributed by atoms with Crippen LogP contribution in [-0.2, 0) is 6.42 Å². The van der Waals surface area contributed by atoms with Gasteiger partial charge in [-0.1, -0.05) is 12.1 Å². The quantitative estimate of drug-likeness (QED) is 0.909. The van der Waals surface area contributed by atoms with E-state index >= 15 is 0 Å². The first-order chi connectivity index (χ1) is 10.6. The molecule has 0 amide bonds. The summed E-state index contributed by atoms with van der Waals surface area (Å²) in [4.78, 5) is 0. The molecule has 0 saturated heterocycles. The first-order valence-corrected chi connectivity index (χ1v) is 7.89. The van der Waals surface area contributed by atoms with Crippen LogP contribution in [0.1, 0.15) is 40.8 Å². The summed E-state index contributed by atoms with van der Waals surface area (Å²) in [6.07, 6.45) is 0.940. The molecule has 2 aromatic rings. The van der Waals surface area contributed by atoms with E-state index in [2.05, 4.69) is 31.3 Å². The van der Waals surface area contributed by atoms with E-state index in [0.717, 1.165) is 18.7 Å². The van der Waals surface area contributed by atoms with Gasteiger partial charge in [-0.2, -0.15) is 0 Å². The van der Waals surface area contributed by atoms with E-state index in [-0.39, 0.29) is 6.04 Å². The fourth-order valence-electron chi connectivity index (χ4n) is 3.15. The Labute approximate surface area is 131 Å². The molecule has 1 aliphatic rings. The molecule has 116 valence electrons. The molecule has 0 radical (unpaired) electrons. The summed E-state index contributed by atoms with van der Waals surface area (Å²) in [6, 6.07) is 10.1. The van der Waals surface area contributed by atoms with Crippen molar-refractivity contribution >= 4 is 0 Å². The lowest BCUT2D eigenvalue weighted by Crippen LogP contribution is -2.31. The van der Waals surface area contributed by atoms with Crippen LogP contribution in [0.25, 0.3) is 0 Å². The van der Waals surface area contributed by atoms with E-state index in [1.165, 1.54) is 27.8 Å². The summed E-state index contributed by atoms with van der Waals surface area (Å²) >= 11 is 0. The molecule has 3 heteroatoms. The molecule has 1 unspecified atom stereocenters. The van der Waals surface area contributed by atoms with Crippen LogP contribution >= 0.6 is 0 Å². The molecule has 1 aliphatic heterocycles. The molecular formula is C19H23NO2. The molecule has 3 rings (SSSR count). The van der Waals surface area contributed by atoms with Gasteiger partial charge in [0.05, 0.1) is 12.6 Å². The summed E-state index contributed by atoms with van der Waals surface area (Å²) in [5.41, 5.74) is 6.13. The minimum absolute atomic E-state index is 0.116. The van der Waals surface area contributed by atoms with Crippen molar-refractivity contribution in [3.8, 4) is 11.5 Å². The third-order valence-electron chi connectivity index (χ3n) is 4.42. The first kappa shape index (κ1) is 14.9. The first-order valence-electron chi connectivity index (χ1n) is 7.89. The number of fused-ring (bicyclic) bond motifs is 1.